The largest absolute Gasteiger partial charge is 0.374 e. The molecule has 0 bridgehead atoms. The van der Waals surface area contributed by atoms with Crippen LogP contribution in [0.2, 0.25) is 0 Å². The van der Waals surface area contributed by atoms with Gasteiger partial charge in [-0.1, -0.05) is 13.0 Å². The van der Waals surface area contributed by atoms with Crippen LogP contribution in [-0.2, 0) is 0 Å². The van der Waals surface area contributed by atoms with E-state index >= 15 is 0 Å². The van der Waals surface area contributed by atoms with Gasteiger partial charge >= 0.3 is 0 Å². The van der Waals surface area contributed by atoms with Gasteiger partial charge in [0.25, 0.3) is 0 Å². The van der Waals surface area contributed by atoms with Gasteiger partial charge in [-0.2, -0.15) is 0 Å². The number of likely N-dealkylation sites (N-methyl/N-ethyl adjacent to an activating group) is 2. The van der Waals surface area contributed by atoms with Crippen molar-refractivity contribution in [3.8, 4) is 0 Å². The maximum Gasteiger partial charge on any atom is 0.0520 e. The molecule has 0 N–H and O–H groups in total. The topological polar surface area (TPSA) is 6.48 Å². The van der Waals surface area contributed by atoms with Crippen molar-refractivity contribution in [3.05, 3.63) is 12.3 Å². The highest BCUT2D eigenvalue weighted by atomic mass is 15.2. The summed E-state index contributed by atoms with van der Waals surface area (Å²) in [6, 6.07) is 0. The maximum atomic E-state index is 2.35. The van der Waals surface area contributed by atoms with E-state index in [1.165, 1.54) is 6.42 Å². The van der Waals surface area contributed by atoms with Gasteiger partial charge < -0.3 is 9.80 Å². The van der Waals surface area contributed by atoms with Crippen molar-refractivity contribution in [2.45, 2.75) is 25.8 Å². The van der Waals surface area contributed by atoms with Crippen molar-refractivity contribution in [2.75, 3.05) is 27.7 Å². The Morgan fingerprint density at radius 3 is 2.62 bits per heavy atom. The van der Waals surface area contributed by atoms with Crippen molar-refractivity contribution in [1.29, 1.82) is 0 Å². The molecule has 0 radical (unpaired) electrons. The number of rotatable bonds is 2. The van der Waals surface area contributed by atoms with Crippen LogP contribution in [0.4, 0.5) is 0 Å². The van der Waals surface area contributed by atoms with Crippen LogP contribution in [0.5, 0.6) is 0 Å². The van der Waals surface area contributed by atoms with Gasteiger partial charge in [0.1, 0.15) is 0 Å². The first-order valence-corrected chi connectivity index (χ1v) is 5.01. The van der Waals surface area contributed by atoms with E-state index in [4.69, 9.17) is 0 Å². The quantitative estimate of drug-likeness (QED) is 0.642. The molecule has 2 unspecified atom stereocenters. The predicted molar refractivity (Wildman–Crippen MR) is 57.6 cm³/mol. The SMILES string of the molecule is CC1CC=CN(C)C1(C)CN(C)C. The number of allylic oxidation sites excluding steroid dienone is 1. The fraction of sp³-hybridized carbons (Fsp3) is 0.818. The van der Waals surface area contributed by atoms with Crippen LogP contribution < -0.4 is 0 Å². The van der Waals surface area contributed by atoms with Gasteiger partial charge in [0, 0.05) is 13.6 Å². The molecule has 1 aliphatic heterocycles. The van der Waals surface area contributed by atoms with Gasteiger partial charge in [-0.25, -0.2) is 0 Å². The fourth-order valence-electron chi connectivity index (χ4n) is 2.10. The molecule has 0 aromatic heterocycles. The first-order chi connectivity index (χ1) is 5.97. The van der Waals surface area contributed by atoms with Gasteiger partial charge in [-0.05, 0) is 39.6 Å². The van der Waals surface area contributed by atoms with Crippen LogP contribution in [-0.4, -0.2) is 43.0 Å². The van der Waals surface area contributed by atoms with Gasteiger partial charge in [0.05, 0.1) is 5.54 Å². The van der Waals surface area contributed by atoms with Crippen molar-refractivity contribution in [3.63, 3.8) is 0 Å². The highest BCUT2D eigenvalue weighted by Crippen LogP contribution is 2.31. The summed E-state index contributed by atoms with van der Waals surface area (Å²) in [6.45, 7) is 5.81. The van der Waals surface area contributed by atoms with E-state index in [0.717, 1.165) is 12.5 Å². The Kier molecular flexibility index (Phi) is 3.01. The molecular weight excluding hydrogens is 160 g/mol. The molecule has 1 aliphatic rings. The summed E-state index contributed by atoms with van der Waals surface area (Å²) in [7, 11) is 6.46. The lowest BCUT2D eigenvalue weighted by molar-refractivity contribution is 0.0809. The van der Waals surface area contributed by atoms with Gasteiger partial charge in [-0.3, -0.25) is 0 Å². The summed E-state index contributed by atoms with van der Waals surface area (Å²) in [5.74, 6) is 0.727. The highest BCUT2D eigenvalue weighted by Gasteiger charge is 2.35. The molecule has 0 spiro atoms. The molecule has 2 nitrogen and oxygen atoms in total. The minimum absolute atomic E-state index is 0.290. The summed E-state index contributed by atoms with van der Waals surface area (Å²) in [5, 5.41) is 0. The molecular formula is C11H22N2. The number of hydrogen-bond acceptors (Lipinski definition) is 2. The minimum atomic E-state index is 0.290. The summed E-state index contributed by atoms with van der Waals surface area (Å²) >= 11 is 0. The van der Waals surface area contributed by atoms with E-state index in [0.29, 0.717) is 0 Å². The number of nitrogens with zero attached hydrogens (tertiary/aromatic N) is 2. The Morgan fingerprint density at radius 1 is 1.54 bits per heavy atom. The zero-order valence-corrected chi connectivity index (χ0v) is 9.54. The molecule has 0 saturated heterocycles. The molecule has 0 aromatic rings. The van der Waals surface area contributed by atoms with Gasteiger partial charge in [-0.15, -0.1) is 0 Å². The Morgan fingerprint density at radius 2 is 2.15 bits per heavy atom. The zero-order chi connectivity index (χ0) is 10.1. The third-order valence-electron chi connectivity index (χ3n) is 3.32. The van der Waals surface area contributed by atoms with Gasteiger partial charge in [0.2, 0.25) is 0 Å². The van der Waals surface area contributed by atoms with Gasteiger partial charge in [0.15, 0.2) is 0 Å². The van der Waals surface area contributed by atoms with E-state index < -0.39 is 0 Å². The van der Waals surface area contributed by atoms with Crippen LogP contribution in [0.15, 0.2) is 12.3 Å². The average Bonchev–Trinajstić information content (AvgIpc) is 1.99. The molecule has 0 aromatic carbocycles. The Labute approximate surface area is 82.2 Å². The van der Waals surface area contributed by atoms with Crippen LogP contribution in [0, 0.1) is 5.92 Å². The normalized spacial score (nSPS) is 34.3. The summed E-state index contributed by atoms with van der Waals surface area (Å²) in [4.78, 5) is 4.62. The van der Waals surface area contributed by atoms with Crippen molar-refractivity contribution >= 4 is 0 Å². The van der Waals surface area contributed by atoms with Crippen LogP contribution in [0.1, 0.15) is 20.3 Å². The molecule has 0 amide bonds. The summed E-state index contributed by atoms with van der Waals surface area (Å²) in [5.41, 5.74) is 0.290. The lowest BCUT2D eigenvalue weighted by atomic mass is 9.81. The molecule has 2 heteroatoms. The minimum Gasteiger partial charge on any atom is -0.374 e. The molecule has 0 saturated carbocycles. The Bertz CT molecular complexity index is 198. The molecule has 13 heavy (non-hydrogen) atoms. The molecule has 1 heterocycles. The molecule has 0 fully saturated rings. The van der Waals surface area contributed by atoms with E-state index in [1.807, 2.05) is 0 Å². The summed E-state index contributed by atoms with van der Waals surface area (Å²) < 4.78 is 0. The number of hydrogen-bond donors (Lipinski definition) is 0. The van der Waals surface area contributed by atoms with Crippen LogP contribution in [0.25, 0.3) is 0 Å². The third-order valence-corrected chi connectivity index (χ3v) is 3.32. The van der Waals surface area contributed by atoms with Crippen LogP contribution >= 0.6 is 0 Å². The zero-order valence-electron chi connectivity index (χ0n) is 9.54. The van der Waals surface area contributed by atoms with E-state index in [9.17, 15) is 0 Å². The molecule has 2 atom stereocenters. The van der Waals surface area contributed by atoms with Crippen molar-refractivity contribution in [1.82, 2.24) is 9.80 Å². The highest BCUT2D eigenvalue weighted by molar-refractivity contribution is 5.04. The lowest BCUT2D eigenvalue weighted by Crippen LogP contribution is -2.54. The molecule has 1 rings (SSSR count). The second kappa shape index (κ2) is 3.70. The van der Waals surface area contributed by atoms with Crippen molar-refractivity contribution in [2.24, 2.45) is 5.92 Å². The molecule has 0 aliphatic carbocycles. The Balaban J connectivity index is 2.78. The fourth-order valence-corrected chi connectivity index (χ4v) is 2.10. The predicted octanol–water partition coefficient (Wildman–Crippen LogP) is 1.79. The van der Waals surface area contributed by atoms with E-state index in [2.05, 4.69) is 57.1 Å². The monoisotopic (exact) mass is 182 g/mol. The first kappa shape index (κ1) is 10.6. The van der Waals surface area contributed by atoms with E-state index in [-0.39, 0.29) is 5.54 Å². The second-order valence-electron chi connectivity index (χ2n) is 4.73. The standard InChI is InChI=1S/C11H22N2/c1-10-7-6-8-13(5)11(10,2)9-12(3)4/h6,8,10H,7,9H2,1-5H3. The maximum absolute atomic E-state index is 2.35. The van der Waals surface area contributed by atoms with Crippen molar-refractivity contribution < 1.29 is 0 Å². The third kappa shape index (κ3) is 2.05. The van der Waals surface area contributed by atoms with Crippen LogP contribution in [0.3, 0.4) is 0 Å². The van der Waals surface area contributed by atoms with E-state index in [1.54, 1.807) is 0 Å². The Hall–Kier alpha value is -0.500. The average molecular weight is 182 g/mol. The second-order valence-corrected chi connectivity index (χ2v) is 4.73. The molecule has 76 valence electrons. The first-order valence-electron chi connectivity index (χ1n) is 5.01. The smallest absolute Gasteiger partial charge is 0.0520 e. The summed E-state index contributed by atoms with van der Waals surface area (Å²) in [6.07, 6.45) is 5.68. The lowest BCUT2D eigenvalue weighted by Gasteiger charge is -2.47.